The highest BCUT2D eigenvalue weighted by molar-refractivity contribution is 5.69. The lowest BCUT2D eigenvalue weighted by molar-refractivity contribution is -0.385. The quantitative estimate of drug-likeness (QED) is 0.628. The predicted molar refractivity (Wildman–Crippen MR) is 71.8 cm³/mol. The maximum absolute atomic E-state index is 12.1. The first-order chi connectivity index (χ1) is 10.3. The fourth-order valence-electron chi connectivity index (χ4n) is 1.86. The molecule has 0 amide bonds. The maximum Gasteiger partial charge on any atom is 0.573 e. The van der Waals surface area contributed by atoms with E-state index in [9.17, 15) is 23.3 Å². The highest BCUT2D eigenvalue weighted by Crippen LogP contribution is 2.33. The SMILES string of the molecule is COc1ccc(-c2ccc(OC(F)(F)F)cc2)cc1[N+](=O)[O-]. The standard InChI is InChI=1S/C14H10F3NO4/c1-21-13-7-4-10(8-12(13)18(19)20)9-2-5-11(6-3-9)22-14(15,16)17/h2-8H,1H3. The van der Waals surface area contributed by atoms with Gasteiger partial charge in [-0.2, -0.15) is 0 Å². The Morgan fingerprint density at radius 2 is 1.64 bits per heavy atom. The van der Waals surface area contributed by atoms with Gasteiger partial charge in [0.15, 0.2) is 5.75 Å². The van der Waals surface area contributed by atoms with E-state index < -0.39 is 11.3 Å². The van der Waals surface area contributed by atoms with Gasteiger partial charge in [0.25, 0.3) is 0 Å². The van der Waals surface area contributed by atoms with Gasteiger partial charge in [-0.05, 0) is 29.3 Å². The van der Waals surface area contributed by atoms with Crippen molar-refractivity contribution in [1.29, 1.82) is 0 Å². The number of alkyl halides is 3. The summed E-state index contributed by atoms with van der Waals surface area (Å²) in [4.78, 5) is 10.4. The number of nitrogens with zero attached hydrogens (tertiary/aromatic N) is 1. The number of benzene rings is 2. The molecular weight excluding hydrogens is 303 g/mol. The summed E-state index contributed by atoms with van der Waals surface area (Å²) in [6, 6.07) is 9.33. The number of nitro benzene ring substituents is 1. The number of nitro groups is 1. The second kappa shape index (κ2) is 5.92. The molecule has 0 bridgehead atoms. The first kappa shape index (κ1) is 15.6. The Kier molecular flexibility index (Phi) is 4.20. The van der Waals surface area contributed by atoms with Gasteiger partial charge in [0, 0.05) is 6.07 Å². The van der Waals surface area contributed by atoms with Crippen LogP contribution in [0, 0.1) is 10.1 Å². The molecule has 0 aliphatic rings. The van der Waals surface area contributed by atoms with E-state index in [4.69, 9.17) is 4.74 Å². The van der Waals surface area contributed by atoms with Crippen molar-refractivity contribution in [2.24, 2.45) is 0 Å². The van der Waals surface area contributed by atoms with Gasteiger partial charge in [-0.15, -0.1) is 13.2 Å². The van der Waals surface area contributed by atoms with Crippen LogP contribution < -0.4 is 9.47 Å². The molecule has 0 saturated heterocycles. The molecule has 22 heavy (non-hydrogen) atoms. The van der Waals surface area contributed by atoms with Crippen LogP contribution in [-0.4, -0.2) is 18.4 Å². The Hall–Kier alpha value is -2.77. The van der Waals surface area contributed by atoms with Crippen LogP contribution in [0.2, 0.25) is 0 Å². The third kappa shape index (κ3) is 3.66. The largest absolute Gasteiger partial charge is 0.573 e. The van der Waals surface area contributed by atoms with Crippen LogP contribution in [-0.2, 0) is 0 Å². The molecule has 0 spiro atoms. The summed E-state index contributed by atoms with van der Waals surface area (Å²) in [6.07, 6.45) is -4.76. The minimum absolute atomic E-state index is 0.103. The molecule has 2 aromatic carbocycles. The summed E-state index contributed by atoms with van der Waals surface area (Å²) in [5, 5.41) is 11.0. The van der Waals surface area contributed by atoms with E-state index >= 15 is 0 Å². The van der Waals surface area contributed by atoms with Gasteiger partial charge >= 0.3 is 12.0 Å². The van der Waals surface area contributed by atoms with Crippen LogP contribution in [0.3, 0.4) is 0 Å². The van der Waals surface area contributed by atoms with Gasteiger partial charge in [-0.3, -0.25) is 10.1 Å². The lowest BCUT2D eigenvalue weighted by atomic mass is 10.0. The minimum atomic E-state index is -4.76. The Morgan fingerprint density at radius 1 is 1.05 bits per heavy atom. The van der Waals surface area contributed by atoms with Crippen molar-refractivity contribution in [3.8, 4) is 22.6 Å². The molecule has 0 atom stereocenters. The monoisotopic (exact) mass is 313 g/mol. The fraction of sp³-hybridized carbons (Fsp3) is 0.143. The van der Waals surface area contributed by atoms with E-state index in [0.29, 0.717) is 11.1 Å². The zero-order chi connectivity index (χ0) is 16.3. The van der Waals surface area contributed by atoms with Gasteiger partial charge in [0.2, 0.25) is 0 Å². The first-order valence-corrected chi connectivity index (χ1v) is 5.99. The van der Waals surface area contributed by atoms with Crippen LogP contribution >= 0.6 is 0 Å². The van der Waals surface area contributed by atoms with E-state index in [1.54, 1.807) is 6.07 Å². The Labute approximate surface area is 123 Å². The number of ether oxygens (including phenoxy) is 2. The second-order valence-corrected chi connectivity index (χ2v) is 4.22. The molecule has 0 unspecified atom stereocenters. The lowest BCUT2D eigenvalue weighted by Crippen LogP contribution is -2.16. The van der Waals surface area contributed by atoms with Crippen molar-refractivity contribution in [3.05, 3.63) is 52.6 Å². The number of halogens is 3. The van der Waals surface area contributed by atoms with E-state index in [1.807, 2.05) is 0 Å². The number of hydrogen-bond acceptors (Lipinski definition) is 4. The molecule has 0 N–H and O–H groups in total. The second-order valence-electron chi connectivity index (χ2n) is 4.22. The van der Waals surface area contributed by atoms with Crippen molar-refractivity contribution in [2.75, 3.05) is 7.11 Å². The molecule has 0 fully saturated rings. The summed E-state index contributed by atoms with van der Waals surface area (Å²) < 4.78 is 44.9. The molecule has 5 nitrogen and oxygen atoms in total. The zero-order valence-electron chi connectivity index (χ0n) is 11.3. The van der Waals surface area contributed by atoms with Gasteiger partial charge in [-0.1, -0.05) is 18.2 Å². The Balaban J connectivity index is 2.32. The molecule has 116 valence electrons. The van der Waals surface area contributed by atoms with Crippen molar-refractivity contribution in [1.82, 2.24) is 0 Å². The average molecular weight is 313 g/mol. The highest BCUT2D eigenvalue weighted by atomic mass is 19.4. The lowest BCUT2D eigenvalue weighted by Gasteiger charge is -2.09. The third-order valence-electron chi connectivity index (χ3n) is 2.80. The molecule has 0 aliphatic carbocycles. The topological polar surface area (TPSA) is 61.6 Å². The molecule has 0 aliphatic heterocycles. The van der Waals surface area contributed by atoms with E-state index in [-0.39, 0.29) is 17.2 Å². The van der Waals surface area contributed by atoms with E-state index in [2.05, 4.69) is 4.74 Å². The predicted octanol–water partition coefficient (Wildman–Crippen LogP) is 4.17. The third-order valence-corrected chi connectivity index (χ3v) is 2.80. The van der Waals surface area contributed by atoms with Crippen molar-refractivity contribution >= 4 is 5.69 Å². The summed E-state index contributed by atoms with van der Waals surface area (Å²) in [5.74, 6) is -0.259. The summed E-state index contributed by atoms with van der Waals surface area (Å²) >= 11 is 0. The Bertz CT molecular complexity index is 683. The van der Waals surface area contributed by atoms with Crippen LogP contribution in [0.1, 0.15) is 0 Å². The van der Waals surface area contributed by atoms with Crippen molar-refractivity contribution < 1.29 is 27.6 Å². The smallest absolute Gasteiger partial charge is 0.490 e. The normalized spacial score (nSPS) is 11.1. The van der Waals surface area contributed by atoms with Gasteiger partial charge in [0.1, 0.15) is 5.75 Å². The molecule has 0 aromatic heterocycles. The first-order valence-electron chi connectivity index (χ1n) is 5.99. The highest BCUT2D eigenvalue weighted by Gasteiger charge is 2.31. The van der Waals surface area contributed by atoms with Crippen LogP contribution in [0.5, 0.6) is 11.5 Å². The van der Waals surface area contributed by atoms with E-state index in [1.165, 1.54) is 31.4 Å². The average Bonchev–Trinajstić information content (AvgIpc) is 2.45. The molecule has 2 rings (SSSR count). The fourth-order valence-corrected chi connectivity index (χ4v) is 1.86. The molecular formula is C14H10F3NO4. The van der Waals surface area contributed by atoms with Gasteiger partial charge in [0.05, 0.1) is 12.0 Å². The molecule has 0 radical (unpaired) electrons. The summed E-state index contributed by atoms with van der Waals surface area (Å²) in [7, 11) is 1.31. The van der Waals surface area contributed by atoms with Crippen LogP contribution in [0.25, 0.3) is 11.1 Å². The van der Waals surface area contributed by atoms with Crippen LogP contribution in [0.15, 0.2) is 42.5 Å². The van der Waals surface area contributed by atoms with Gasteiger partial charge < -0.3 is 9.47 Å². The maximum atomic E-state index is 12.1. The molecule has 8 heteroatoms. The van der Waals surface area contributed by atoms with E-state index in [0.717, 1.165) is 12.1 Å². The summed E-state index contributed by atoms with van der Waals surface area (Å²) in [6.45, 7) is 0. The Morgan fingerprint density at radius 3 is 2.14 bits per heavy atom. The number of hydrogen-bond donors (Lipinski definition) is 0. The summed E-state index contributed by atoms with van der Waals surface area (Å²) in [5.41, 5.74) is 0.766. The minimum Gasteiger partial charge on any atom is -0.490 e. The van der Waals surface area contributed by atoms with Crippen molar-refractivity contribution in [2.45, 2.75) is 6.36 Å². The molecule has 2 aromatic rings. The van der Waals surface area contributed by atoms with Gasteiger partial charge in [-0.25, -0.2) is 0 Å². The number of rotatable bonds is 4. The van der Waals surface area contributed by atoms with Crippen molar-refractivity contribution in [3.63, 3.8) is 0 Å². The molecule has 0 saturated carbocycles. The zero-order valence-corrected chi connectivity index (χ0v) is 11.3. The number of methoxy groups -OCH3 is 1. The van der Waals surface area contributed by atoms with Crippen LogP contribution in [0.4, 0.5) is 18.9 Å². The molecule has 0 heterocycles.